The average molecular weight is 382 g/mol. The third-order valence-electron chi connectivity index (χ3n) is 5.94. The molecule has 2 atom stereocenters. The van der Waals surface area contributed by atoms with Crippen LogP contribution in [-0.4, -0.2) is 40.3 Å². The molecule has 4 rings (SSSR count). The lowest BCUT2D eigenvalue weighted by molar-refractivity contribution is -0.0539. The fourth-order valence-electron chi connectivity index (χ4n) is 4.58. The van der Waals surface area contributed by atoms with E-state index < -0.39 is 5.60 Å². The van der Waals surface area contributed by atoms with Crippen LogP contribution in [0.3, 0.4) is 0 Å². The maximum absolute atomic E-state index is 12.7. The number of hydrogen-bond donors (Lipinski definition) is 1. The summed E-state index contributed by atoms with van der Waals surface area (Å²) in [6.45, 7) is 2.19. The van der Waals surface area contributed by atoms with Gasteiger partial charge in [0.1, 0.15) is 6.61 Å². The Morgan fingerprint density at radius 3 is 2.54 bits per heavy atom. The number of hydrogen-bond acceptors (Lipinski definition) is 5. The fourth-order valence-corrected chi connectivity index (χ4v) is 4.58. The van der Waals surface area contributed by atoms with Crippen LogP contribution in [0, 0.1) is 6.92 Å². The van der Waals surface area contributed by atoms with Gasteiger partial charge in [-0.15, -0.1) is 0 Å². The molecule has 0 saturated carbocycles. The molecule has 3 heterocycles. The second-order valence-electron chi connectivity index (χ2n) is 7.82. The van der Waals surface area contributed by atoms with E-state index in [2.05, 4.69) is 4.98 Å². The molecule has 2 aromatic rings. The third-order valence-corrected chi connectivity index (χ3v) is 5.94. The van der Waals surface area contributed by atoms with Crippen LogP contribution in [0.1, 0.15) is 42.4 Å². The van der Waals surface area contributed by atoms with Crippen molar-refractivity contribution in [2.24, 2.45) is 0 Å². The number of rotatable bonds is 4. The number of carbonyl (C=O) groups excluding carboxylic acids is 1. The van der Waals surface area contributed by atoms with Crippen molar-refractivity contribution in [2.45, 2.75) is 56.9 Å². The first-order valence-corrected chi connectivity index (χ1v) is 9.73. The van der Waals surface area contributed by atoms with E-state index in [0.717, 1.165) is 29.5 Å². The maximum atomic E-state index is 12.7. The highest BCUT2D eigenvalue weighted by Crippen LogP contribution is 2.46. The van der Waals surface area contributed by atoms with Gasteiger partial charge < -0.3 is 19.5 Å². The van der Waals surface area contributed by atoms with Crippen molar-refractivity contribution in [1.29, 1.82) is 0 Å². The smallest absolute Gasteiger partial charge is 0.410 e. The minimum absolute atomic E-state index is 0.0190. The van der Waals surface area contributed by atoms with E-state index in [1.54, 1.807) is 13.3 Å². The van der Waals surface area contributed by atoms with Gasteiger partial charge in [-0.2, -0.15) is 0 Å². The lowest BCUT2D eigenvalue weighted by Gasteiger charge is -2.43. The number of amides is 1. The highest BCUT2D eigenvalue weighted by molar-refractivity contribution is 5.69. The van der Waals surface area contributed by atoms with Crippen LogP contribution in [-0.2, 0) is 16.9 Å². The van der Waals surface area contributed by atoms with Gasteiger partial charge in [-0.05, 0) is 31.4 Å². The topological polar surface area (TPSA) is 71.9 Å². The van der Waals surface area contributed by atoms with Gasteiger partial charge in [0.25, 0.3) is 0 Å². The second kappa shape index (κ2) is 7.43. The minimum Gasteiger partial charge on any atom is -0.481 e. The van der Waals surface area contributed by atoms with E-state index >= 15 is 0 Å². The molecule has 1 aromatic carbocycles. The Morgan fingerprint density at radius 2 is 1.93 bits per heavy atom. The van der Waals surface area contributed by atoms with Crippen LogP contribution in [0.15, 0.2) is 42.6 Å². The Hall–Kier alpha value is -2.60. The van der Waals surface area contributed by atoms with Crippen LogP contribution in [0.4, 0.5) is 4.79 Å². The van der Waals surface area contributed by atoms with Gasteiger partial charge in [0.05, 0.1) is 12.7 Å². The average Bonchev–Trinajstić information content (AvgIpc) is 2.99. The van der Waals surface area contributed by atoms with Crippen molar-refractivity contribution in [3.63, 3.8) is 0 Å². The molecule has 1 amide bonds. The molecule has 28 heavy (non-hydrogen) atoms. The predicted molar refractivity (Wildman–Crippen MR) is 104 cm³/mol. The maximum Gasteiger partial charge on any atom is 0.410 e. The van der Waals surface area contributed by atoms with E-state index in [9.17, 15) is 9.90 Å². The fraction of sp³-hybridized carbons (Fsp3) is 0.455. The molecule has 6 nitrogen and oxygen atoms in total. The zero-order valence-electron chi connectivity index (χ0n) is 16.3. The van der Waals surface area contributed by atoms with Gasteiger partial charge in [-0.1, -0.05) is 30.3 Å². The summed E-state index contributed by atoms with van der Waals surface area (Å²) in [5.41, 5.74) is 1.67. The van der Waals surface area contributed by atoms with Crippen molar-refractivity contribution in [1.82, 2.24) is 9.88 Å². The Morgan fingerprint density at radius 1 is 1.25 bits per heavy atom. The number of aliphatic hydroxyl groups is 1. The molecule has 1 N–H and O–H groups in total. The summed E-state index contributed by atoms with van der Waals surface area (Å²) >= 11 is 0. The first-order valence-electron chi connectivity index (χ1n) is 9.73. The zero-order chi connectivity index (χ0) is 19.7. The standard InChI is InChI=1S/C22H26N2O4/c1-15-10-17(13-23-20(15)27-2)22(26)11-18-8-9-19(12-22)24(18)21(25)28-14-16-6-4-3-5-7-16/h3-7,10,13,18-19,26H,8-9,11-12,14H2,1-2H3. The first kappa shape index (κ1) is 18.7. The molecule has 1 aromatic heterocycles. The number of piperidine rings is 1. The summed E-state index contributed by atoms with van der Waals surface area (Å²) in [6.07, 6.45) is 4.16. The quantitative estimate of drug-likeness (QED) is 0.876. The van der Waals surface area contributed by atoms with Crippen LogP contribution in [0.2, 0.25) is 0 Å². The normalized spacial score (nSPS) is 26.2. The van der Waals surface area contributed by atoms with Crippen molar-refractivity contribution >= 4 is 6.09 Å². The number of nitrogens with zero attached hydrogens (tertiary/aromatic N) is 2. The predicted octanol–water partition coefficient (Wildman–Crippen LogP) is 3.55. The lowest BCUT2D eigenvalue weighted by Crippen LogP contribution is -2.52. The summed E-state index contributed by atoms with van der Waals surface area (Å²) in [5.74, 6) is 0.567. The summed E-state index contributed by atoms with van der Waals surface area (Å²) in [5, 5.41) is 11.4. The number of fused-ring (bicyclic) bond motifs is 2. The number of ether oxygens (including phenoxy) is 2. The van der Waals surface area contributed by atoms with Crippen molar-refractivity contribution in [3.05, 3.63) is 59.3 Å². The molecular formula is C22H26N2O4. The van der Waals surface area contributed by atoms with Gasteiger partial charge in [0.2, 0.25) is 5.88 Å². The number of pyridine rings is 1. The molecule has 2 bridgehead atoms. The second-order valence-corrected chi connectivity index (χ2v) is 7.82. The largest absolute Gasteiger partial charge is 0.481 e. The Labute approximate surface area is 165 Å². The van der Waals surface area contributed by atoms with Crippen LogP contribution >= 0.6 is 0 Å². The molecule has 2 aliphatic heterocycles. The van der Waals surface area contributed by atoms with Crippen molar-refractivity contribution < 1.29 is 19.4 Å². The number of aryl methyl sites for hydroxylation is 1. The summed E-state index contributed by atoms with van der Waals surface area (Å²) in [7, 11) is 1.59. The molecule has 148 valence electrons. The van der Waals surface area contributed by atoms with Crippen LogP contribution in [0.25, 0.3) is 0 Å². The van der Waals surface area contributed by atoms with Crippen LogP contribution < -0.4 is 4.74 Å². The molecule has 2 unspecified atom stereocenters. The number of carbonyl (C=O) groups is 1. The van der Waals surface area contributed by atoms with E-state index in [1.165, 1.54) is 0 Å². The van der Waals surface area contributed by atoms with Gasteiger partial charge >= 0.3 is 6.09 Å². The van der Waals surface area contributed by atoms with Crippen molar-refractivity contribution in [2.75, 3.05) is 7.11 Å². The van der Waals surface area contributed by atoms with Crippen molar-refractivity contribution in [3.8, 4) is 5.88 Å². The summed E-state index contributed by atoms with van der Waals surface area (Å²) in [6, 6.07) is 11.6. The SMILES string of the molecule is COc1ncc(C2(O)CC3CCC(C2)N3C(=O)OCc2ccccc2)cc1C. The van der Waals surface area contributed by atoms with Crippen LogP contribution in [0.5, 0.6) is 5.88 Å². The molecule has 0 spiro atoms. The monoisotopic (exact) mass is 382 g/mol. The zero-order valence-corrected chi connectivity index (χ0v) is 16.3. The molecule has 0 aliphatic carbocycles. The van der Waals surface area contributed by atoms with Gasteiger partial charge in [0, 0.05) is 42.2 Å². The molecule has 2 fully saturated rings. The third kappa shape index (κ3) is 3.44. The van der Waals surface area contributed by atoms with E-state index in [0.29, 0.717) is 18.7 Å². The van der Waals surface area contributed by atoms with E-state index in [4.69, 9.17) is 9.47 Å². The van der Waals surface area contributed by atoms with E-state index in [1.807, 2.05) is 48.2 Å². The Kier molecular flexibility index (Phi) is 4.98. The van der Waals surface area contributed by atoms with Gasteiger partial charge in [-0.25, -0.2) is 9.78 Å². The molecule has 2 aliphatic rings. The summed E-state index contributed by atoms with van der Waals surface area (Å²) in [4.78, 5) is 18.9. The van der Waals surface area contributed by atoms with Gasteiger partial charge in [-0.3, -0.25) is 0 Å². The summed E-state index contributed by atoms with van der Waals surface area (Å²) < 4.78 is 10.8. The first-order chi connectivity index (χ1) is 13.5. The molecule has 6 heteroatoms. The molecule has 2 saturated heterocycles. The Balaban J connectivity index is 1.46. The number of aromatic nitrogens is 1. The number of methoxy groups -OCH3 is 1. The minimum atomic E-state index is -0.980. The lowest BCUT2D eigenvalue weighted by atomic mass is 9.81. The highest BCUT2D eigenvalue weighted by Gasteiger charge is 2.50. The molecule has 0 radical (unpaired) electrons. The highest BCUT2D eigenvalue weighted by atomic mass is 16.6. The van der Waals surface area contributed by atoms with Gasteiger partial charge in [0.15, 0.2) is 0 Å². The number of benzene rings is 1. The Bertz CT molecular complexity index is 841. The molecular weight excluding hydrogens is 356 g/mol. The van der Waals surface area contributed by atoms with E-state index in [-0.39, 0.29) is 24.8 Å².